The van der Waals surface area contributed by atoms with Gasteiger partial charge in [-0.25, -0.2) is 0 Å². The third kappa shape index (κ3) is 2.90. The van der Waals surface area contributed by atoms with Crippen LogP contribution in [-0.2, 0) is 7.05 Å². The van der Waals surface area contributed by atoms with Gasteiger partial charge in [-0.2, -0.15) is 0 Å². The molecular weight excluding hydrogens is 292 g/mol. The van der Waals surface area contributed by atoms with Crippen molar-refractivity contribution in [3.8, 4) is 5.75 Å². The molecule has 1 heterocycles. The van der Waals surface area contributed by atoms with Gasteiger partial charge in [-0.05, 0) is 35.2 Å². The van der Waals surface area contributed by atoms with E-state index in [1.807, 2.05) is 66.2 Å². The Morgan fingerprint density at radius 3 is 2.48 bits per heavy atom. The number of para-hydroxylation sites is 1. The predicted molar refractivity (Wildman–Crippen MR) is 89.6 cm³/mol. The highest BCUT2D eigenvalue weighted by Gasteiger charge is 2.24. The van der Waals surface area contributed by atoms with E-state index >= 15 is 0 Å². The number of nitrogens with zero attached hydrogens (tertiary/aromatic N) is 2. The van der Waals surface area contributed by atoms with E-state index in [-0.39, 0.29) is 17.4 Å². The number of ether oxygens (including phenoxy) is 1. The largest absolute Gasteiger partial charge is 0.497 e. The van der Waals surface area contributed by atoms with Crippen LogP contribution in [0.25, 0.3) is 10.9 Å². The fourth-order valence-electron chi connectivity index (χ4n) is 3.00. The molecule has 3 aromatic rings. The number of aromatic nitrogens is 1. The van der Waals surface area contributed by atoms with Crippen molar-refractivity contribution in [3.05, 3.63) is 76.0 Å². The molecule has 0 saturated carbocycles. The minimum absolute atomic E-state index is 0.142. The summed E-state index contributed by atoms with van der Waals surface area (Å²) >= 11 is 0. The van der Waals surface area contributed by atoms with Gasteiger partial charge in [-0.15, -0.1) is 0 Å². The van der Waals surface area contributed by atoms with Crippen LogP contribution in [0.2, 0.25) is 0 Å². The maximum Gasteiger partial charge on any atom is 0.216 e. The summed E-state index contributed by atoms with van der Waals surface area (Å²) in [6.07, 6.45) is 0. The van der Waals surface area contributed by atoms with Crippen molar-refractivity contribution in [2.24, 2.45) is 7.05 Å². The quantitative estimate of drug-likeness (QED) is 0.534. The van der Waals surface area contributed by atoms with Gasteiger partial charge in [0.1, 0.15) is 5.75 Å². The number of hydrogen-bond acceptors (Lipinski definition) is 3. The monoisotopic (exact) mass is 310 g/mol. The van der Waals surface area contributed by atoms with Crippen molar-refractivity contribution >= 4 is 10.9 Å². The molecule has 0 saturated heterocycles. The normalized spacial score (nSPS) is 12.3. The zero-order chi connectivity index (χ0) is 16.4. The van der Waals surface area contributed by atoms with E-state index in [9.17, 15) is 10.1 Å². The molecule has 0 radical (unpaired) electrons. The summed E-state index contributed by atoms with van der Waals surface area (Å²) in [5, 5.41) is 12.3. The number of benzene rings is 2. The molecular formula is C18H18N2O3. The highest BCUT2D eigenvalue weighted by atomic mass is 16.6. The standard InChI is InChI=1S/C18H18N2O3/c1-19-17-6-4-3-5-14(17)11-18(19)16(12-20(21)22)13-7-9-15(23-2)10-8-13/h3-11,16H,12H2,1-2H3. The first kappa shape index (κ1) is 15.1. The molecule has 0 aliphatic carbocycles. The summed E-state index contributed by atoms with van der Waals surface area (Å²) in [4.78, 5) is 10.9. The van der Waals surface area contributed by atoms with Gasteiger partial charge < -0.3 is 9.30 Å². The smallest absolute Gasteiger partial charge is 0.216 e. The van der Waals surface area contributed by atoms with Crippen molar-refractivity contribution in [1.82, 2.24) is 4.57 Å². The topological polar surface area (TPSA) is 57.3 Å². The second-order valence-corrected chi connectivity index (χ2v) is 5.53. The Bertz CT molecular complexity index is 837. The third-order valence-electron chi connectivity index (χ3n) is 4.20. The lowest BCUT2D eigenvalue weighted by Gasteiger charge is -2.15. The van der Waals surface area contributed by atoms with Gasteiger partial charge in [0.25, 0.3) is 0 Å². The predicted octanol–water partition coefficient (Wildman–Crippen LogP) is 3.60. The Morgan fingerprint density at radius 2 is 1.87 bits per heavy atom. The molecule has 0 fully saturated rings. The van der Waals surface area contributed by atoms with Crippen LogP contribution in [0.4, 0.5) is 0 Å². The lowest BCUT2D eigenvalue weighted by Crippen LogP contribution is -2.16. The molecule has 23 heavy (non-hydrogen) atoms. The van der Waals surface area contributed by atoms with E-state index in [0.717, 1.165) is 27.9 Å². The summed E-state index contributed by atoms with van der Waals surface area (Å²) in [7, 11) is 3.56. The van der Waals surface area contributed by atoms with Gasteiger partial charge in [0.05, 0.1) is 13.0 Å². The molecule has 0 amide bonds. The molecule has 3 rings (SSSR count). The zero-order valence-corrected chi connectivity index (χ0v) is 13.1. The number of methoxy groups -OCH3 is 1. The highest BCUT2D eigenvalue weighted by Crippen LogP contribution is 2.30. The van der Waals surface area contributed by atoms with Gasteiger partial charge in [0, 0.05) is 23.2 Å². The molecule has 0 aliphatic rings. The Kier molecular flexibility index (Phi) is 4.02. The van der Waals surface area contributed by atoms with Gasteiger partial charge in [0.15, 0.2) is 0 Å². The van der Waals surface area contributed by atoms with E-state index in [1.165, 1.54) is 0 Å². The summed E-state index contributed by atoms with van der Waals surface area (Å²) in [6.45, 7) is -0.142. The van der Waals surface area contributed by atoms with E-state index in [1.54, 1.807) is 7.11 Å². The molecule has 5 nitrogen and oxygen atoms in total. The number of hydrogen-bond donors (Lipinski definition) is 0. The summed E-state index contributed by atoms with van der Waals surface area (Å²) in [5.41, 5.74) is 2.92. The first-order valence-corrected chi connectivity index (χ1v) is 7.40. The maximum absolute atomic E-state index is 11.2. The van der Waals surface area contributed by atoms with Crippen LogP contribution >= 0.6 is 0 Å². The fourth-order valence-corrected chi connectivity index (χ4v) is 3.00. The second-order valence-electron chi connectivity index (χ2n) is 5.53. The Labute approximate surface area is 134 Å². The van der Waals surface area contributed by atoms with Crippen molar-refractivity contribution in [3.63, 3.8) is 0 Å². The molecule has 2 aromatic carbocycles. The number of nitro groups is 1. The minimum Gasteiger partial charge on any atom is -0.497 e. The Morgan fingerprint density at radius 1 is 1.17 bits per heavy atom. The average Bonchev–Trinajstić information content (AvgIpc) is 2.90. The SMILES string of the molecule is COc1ccc(C(C[N+](=O)[O-])c2cc3ccccc3n2C)cc1. The summed E-state index contributed by atoms with van der Waals surface area (Å²) in [6, 6.07) is 17.5. The number of rotatable bonds is 5. The van der Waals surface area contributed by atoms with E-state index in [0.29, 0.717) is 0 Å². The molecule has 5 heteroatoms. The second kappa shape index (κ2) is 6.12. The van der Waals surface area contributed by atoms with Crippen LogP contribution in [0, 0.1) is 10.1 Å². The molecule has 1 atom stereocenters. The summed E-state index contributed by atoms with van der Waals surface area (Å²) < 4.78 is 7.20. The van der Waals surface area contributed by atoms with E-state index in [4.69, 9.17) is 4.74 Å². The Balaban J connectivity index is 2.10. The lowest BCUT2D eigenvalue weighted by molar-refractivity contribution is -0.482. The van der Waals surface area contributed by atoms with Gasteiger partial charge in [0.2, 0.25) is 6.54 Å². The molecule has 0 spiro atoms. The number of fused-ring (bicyclic) bond motifs is 1. The van der Waals surface area contributed by atoms with E-state index < -0.39 is 0 Å². The molecule has 1 aromatic heterocycles. The van der Waals surface area contributed by atoms with Crippen LogP contribution in [0.5, 0.6) is 5.75 Å². The van der Waals surface area contributed by atoms with Crippen molar-refractivity contribution in [1.29, 1.82) is 0 Å². The van der Waals surface area contributed by atoms with Crippen molar-refractivity contribution in [2.45, 2.75) is 5.92 Å². The Hall–Kier alpha value is -2.82. The maximum atomic E-state index is 11.2. The van der Waals surface area contributed by atoms with Gasteiger partial charge in [-0.1, -0.05) is 30.3 Å². The number of aryl methyl sites for hydroxylation is 1. The van der Waals surface area contributed by atoms with E-state index in [2.05, 4.69) is 0 Å². The molecule has 0 N–H and O–H groups in total. The molecule has 0 bridgehead atoms. The molecule has 1 unspecified atom stereocenters. The molecule has 118 valence electrons. The minimum atomic E-state index is -0.298. The highest BCUT2D eigenvalue weighted by molar-refractivity contribution is 5.81. The van der Waals surface area contributed by atoms with Crippen LogP contribution in [0.15, 0.2) is 54.6 Å². The summed E-state index contributed by atoms with van der Waals surface area (Å²) in [5.74, 6) is 0.443. The van der Waals surface area contributed by atoms with Gasteiger partial charge >= 0.3 is 0 Å². The van der Waals surface area contributed by atoms with Gasteiger partial charge in [-0.3, -0.25) is 10.1 Å². The molecule has 0 aliphatic heterocycles. The van der Waals surface area contributed by atoms with Crippen LogP contribution in [-0.4, -0.2) is 23.1 Å². The first-order valence-electron chi connectivity index (χ1n) is 7.40. The van der Waals surface area contributed by atoms with Crippen LogP contribution in [0.1, 0.15) is 17.2 Å². The average molecular weight is 310 g/mol. The van der Waals surface area contributed by atoms with Crippen LogP contribution in [0.3, 0.4) is 0 Å². The fraction of sp³-hybridized carbons (Fsp3) is 0.222. The zero-order valence-electron chi connectivity index (χ0n) is 13.1. The van der Waals surface area contributed by atoms with Crippen molar-refractivity contribution in [2.75, 3.05) is 13.7 Å². The lowest BCUT2D eigenvalue weighted by atomic mass is 9.95. The first-order chi connectivity index (χ1) is 11.1. The van der Waals surface area contributed by atoms with Crippen molar-refractivity contribution < 1.29 is 9.66 Å². The van der Waals surface area contributed by atoms with Crippen LogP contribution < -0.4 is 4.74 Å². The third-order valence-corrected chi connectivity index (χ3v) is 4.20.